The topological polar surface area (TPSA) is 59.0 Å². The summed E-state index contributed by atoms with van der Waals surface area (Å²) in [6.07, 6.45) is 0.619. The zero-order valence-electron chi connectivity index (χ0n) is 7.65. The molecule has 0 unspecified atom stereocenters. The molecule has 0 aliphatic heterocycles. The van der Waals surface area contributed by atoms with Crippen molar-refractivity contribution in [2.45, 2.75) is 6.42 Å². The first-order chi connectivity index (χ1) is 6.83. The second-order valence-corrected chi connectivity index (χ2v) is 2.82. The van der Waals surface area contributed by atoms with E-state index >= 15 is 0 Å². The largest absolute Gasteiger partial charge is 0.453 e. The van der Waals surface area contributed by atoms with Crippen LogP contribution in [0.1, 0.15) is 5.56 Å². The third-order valence-electron chi connectivity index (χ3n) is 1.89. The van der Waals surface area contributed by atoms with Crippen LogP contribution in [0.25, 0.3) is 11.1 Å². The average Bonchev–Trinajstić information content (AvgIpc) is 2.60. The minimum Gasteiger partial charge on any atom is -0.453 e. The molecule has 14 heavy (non-hydrogen) atoms. The van der Waals surface area contributed by atoms with Gasteiger partial charge in [-0.25, -0.2) is 0 Å². The highest BCUT2D eigenvalue weighted by Gasteiger charge is 2.05. The summed E-state index contributed by atoms with van der Waals surface area (Å²) in [6, 6.07) is 7.54. The normalized spacial score (nSPS) is 10.0. The molecule has 0 amide bonds. The molecule has 4 nitrogen and oxygen atoms in total. The zero-order valence-corrected chi connectivity index (χ0v) is 7.65. The van der Waals surface area contributed by atoms with Crippen LogP contribution in [0.4, 0.5) is 0 Å². The minimum atomic E-state index is 0.245. The highest BCUT2D eigenvalue weighted by atomic mass is 16.6. The van der Waals surface area contributed by atoms with Gasteiger partial charge in [0.1, 0.15) is 5.52 Å². The van der Waals surface area contributed by atoms with Gasteiger partial charge in [0.25, 0.3) is 0 Å². The lowest BCUT2D eigenvalue weighted by molar-refractivity contribution is 0.299. The van der Waals surface area contributed by atoms with E-state index < -0.39 is 0 Å². The van der Waals surface area contributed by atoms with E-state index in [1.807, 2.05) is 12.1 Å². The van der Waals surface area contributed by atoms with Crippen molar-refractivity contribution < 1.29 is 9.15 Å². The summed E-state index contributed by atoms with van der Waals surface area (Å²) in [5.74, 6) is 0. The Bertz CT molecular complexity index is 496. The molecular weight excluding hydrogens is 180 g/mol. The molecular formula is C10H8N2O2. The van der Waals surface area contributed by atoms with E-state index in [2.05, 4.69) is 11.1 Å². The van der Waals surface area contributed by atoms with Crippen LogP contribution in [-0.2, 0) is 6.42 Å². The molecule has 0 radical (unpaired) electrons. The number of hydrogen-bond acceptors (Lipinski definition) is 4. The third kappa shape index (κ3) is 1.40. The number of benzene rings is 1. The number of ether oxygens (including phenoxy) is 1. The Morgan fingerprint density at radius 2 is 2.43 bits per heavy atom. The number of nitrogens with zero attached hydrogens (tertiary/aromatic N) is 2. The smallest absolute Gasteiger partial charge is 0.394 e. The van der Waals surface area contributed by atoms with Crippen molar-refractivity contribution in [3.8, 4) is 12.1 Å². The Morgan fingerprint density at radius 3 is 3.14 bits per heavy atom. The molecule has 4 heteroatoms. The number of hydrogen-bond donors (Lipinski definition) is 0. The number of fused-ring (bicyclic) bond motifs is 1. The molecule has 0 N–H and O–H groups in total. The number of methoxy groups -OCH3 is 1. The molecule has 0 spiro atoms. The molecule has 0 bridgehead atoms. The van der Waals surface area contributed by atoms with E-state index in [4.69, 9.17) is 14.4 Å². The van der Waals surface area contributed by atoms with Gasteiger partial charge in [0.15, 0.2) is 5.58 Å². The van der Waals surface area contributed by atoms with Crippen molar-refractivity contribution in [2.75, 3.05) is 7.11 Å². The van der Waals surface area contributed by atoms with Crippen molar-refractivity contribution in [3.05, 3.63) is 23.8 Å². The molecule has 2 aromatic rings. The molecule has 0 aliphatic rings. The molecule has 0 atom stereocenters. The lowest BCUT2D eigenvalue weighted by atomic mass is 10.1. The van der Waals surface area contributed by atoms with Crippen molar-refractivity contribution in [2.24, 2.45) is 0 Å². The van der Waals surface area contributed by atoms with E-state index in [9.17, 15) is 0 Å². The molecule has 70 valence electrons. The predicted octanol–water partition coefficient (Wildman–Crippen LogP) is 1.90. The average molecular weight is 188 g/mol. The molecule has 0 saturated carbocycles. The first-order valence-electron chi connectivity index (χ1n) is 4.14. The number of aromatic nitrogens is 1. The van der Waals surface area contributed by atoms with Crippen LogP contribution in [0, 0.1) is 11.3 Å². The van der Waals surface area contributed by atoms with Gasteiger partial charge in [-0.1, -0.05) is 6.07 Å². The van der Waals surface area contributed by atoms with E-state index in [0.29, 0.717) is 12.0 Å². The highest BCUT2D eigenvalue weighted by Crippen LogP contribution is 2.21. The van der Waals surface area contributed by atoms with Gasteiger partial charge in [-0.3, -0.25) is 0 Å². The first kappa shape index (κ1) is 8.57. The maximum absolute atomic E-state index is 8.52. The fraction of sp³-hybridized carbons (Fsp3) is 0.200. The molecule has 1 aromatic carbocycles. The Morgan fingerprint density at radius 1 is 1.57 bits per heavy atom. The Kier molecular flexibility index (Phi) is 2.07. The van der Waals surface area contributed by atoms with E-state index in [1.165, 1.54) is 7.11 Å². The van der Waals surface area contributed by atoms with Gasteiger partial charge >= 0.3 is 6.08 Å². The summed E-state index contributed by atoms with van der Waals surface area (Å²) < 4.78 is 10.1. The molecule has 1 heterocycles. The third-order valence-corrected chi connectivity index (χ3v) is 1.89. The fourth-order valence-corrected chi connectivity index (χ4v) is 1.24. The lowest BCUT2D eigenvalue weighted by Gasteiger charge is -1.91. The summed E-state index contributed by atoms with van der Waals surface area (Å²) >= 11 is 0. The molecule has 0 saturated heterocycles. The van der Waals surface area contributed by atoms with Crippen LogP contribution in [-0.4, -0.2) is 12.1 Å². The fourth-order valence-electron chi connectivity index (χ4n) is 1.24. The monoisotopic (exact) mass is 188 g/mol. The van der Waals surface area contributed by atoms with Crippen LogP contribution in [0.2, 0.25) is 0 Å². The molecule has 1 aromatic heterocycles. The van der Waals surface area contributed by atoms with Crippen LogP contribution in [0.15, 0.2) is 22.6 Å². The van der Waals surface area contributed by atoms with E-state index in [-0.39, 0.29) is 6.08 Å². The Hall–Kier alpha value is -2.02. The van der Waals surface area contributed by atoms with Gasteiger partial charge in [0, 0.05) is 0 Å². The van der Waals surface area contributed by atoms with E-state index in [1.54, 1.807) is 6.07 Å². The Labute approximate surface area is 80.7 Å². The summed E-state index contributed by atoms with van der Waals surface area (Å²) in [5.41, 5.74) is 2.30. The van der Waals surface area contributed by atoms with E-state index in [0.717, 1.165) is 11.1 Å². The van der Waals surface area contributed by atoms with Gasteiger partial charge < -0.3 is 9.15 Å². The zero-order chi connectivity index (χ0) is 9.97. The maximum Gasteiger partial charge on any atom is 0.394 e. The van der Waals surface area contributed by atoms with Crippen molar-refractivity contribution in [1.82, 2.24) is 4.98 Å². The molecule has 2 rings (SSSR count). The SMILES string of the molecule is COc1nc2ccc(CC#N)cc2o1. The van der Waals surface area contributed by atoms with Gasteiger partial charge in [0.2, 0.25) is 0 Å². The van der Waals surface area contributed by atoms with Crippen LogP contribution in [0.5, 0.6) is 6.08 Å². The van der Waals surface area contributed by atoms with Crippen LogP contribution < -0.4 is 4.74 Å². The number of nitriles is 1. The summed E-state index contributed by atoms with van der Waals surface area (Å²) in [7, 11) is 1.50. The van der Waals surface area contributed by atoms with Gasteiger partial charge in [-0.2, -0.15) is 10.2 Å². The van der Waals surface area contributed by atoms with Gasteiger partial charge in [0.05, 0.1) is 19.6 Å². The van der Waals surface area contributed by atoms with Crippen molar-refractivity contribution in [1.29, 1.82) is 5.26 Å². The number of oxazole rings is 1. The van der Waals surface area contributed by atoms with Gasteiger partial charge in [-0.05, 0) is 17.7 Å². The predicted molar refractivity (Wildman–Crippen MR) is 49.9 cm³/mol. The molecule has 0 fully saturated rings. The van der Waals surface area contributed by atoms with Gasteiger partial charge in [-0.15, -0.1) is 0 Å². The van der Waals surface area contributed by atoms with Crippen molar-refractivity contribution >= 4 is 11.1 Å². The lowest BCUT2D eigenvalue weighted by Crippen LogP contribution is -1.80. The Balaban J connectivity index is 2.49. The standard InChI is InChI=1S/C10H8N2O2/c1-13-10-12-8-3-2-7(4-5-11)6-9(8)14-10/h2-3,6H,4H2,1H3. The minimum absolute atomic E-state index is 0.245. The summed E-state index contributed by atoms with van der Waals surface area (Å²) in [5, 5.41) is 8.52. The van der Waals surface area contributed by atoms with Crippen LogP contribution in [0.3, 0.4) is 0 Å². The summed E-state index contributed by atoms with van der Waals surface area (Å²) in [4.78, 5) is 4.06. The summed E-state index contributed by atoms with van der Waals surface area (Å²) in [6.45, 7) is 0. The quantitative estimate of drug-likeness (QED) is 0.722. The maximum atomic E-state index is 8.52. The van der Waals surface area contributed by atoms with Crippen LogP contribution >= 0.6 is 0 Å². The second-order valence-electron chi connectivity index (χ2n) is 2.82. The highest BCUT2D eigenvalue weighted by molar-refractivity contribution is 5.73. The number of rotatable bonds is 2. The molecule has 0 aliphatic carbocycles. The first-order valence-corrected chi connectivity index (χ1v) is 4.14. The van der Waals surface area contributed by atoms with Crippen molar-refractivity contribution in [3.63, 3.8) is 0 Å². The second kappa shape index (κ2) is 3.38.